The fourth-order valence-electron chi connectivity index (χ4n) is 4.92. The average molecular weight is 483 g/mol. The molecule has 1 spiro atoms. The highest BCUT2D eigenvalue weighted by Crippen LogP contribution is 2.38. The molecular formula is C25H31ClN6O2. The van der Waals surface area contributed by atoms with Gasteiger partial charge in [0.25, 0.3) is 0 Å². The molecule has 2 atom stereocenters. The Morgan fingerprint density at radius 3 is 2.91 bits per heavy atom. The van der Waals surface area contributed by atoms with Crippen LogP contribution >= 0.6 is 11.6 Å². The van der Waals surface area contributed by atoms with Crippen LogP contribution in [0, 0.1) is 6.92 Å². The van der Waals surface area contributed by atoms with Gasteiger partial charge in [0.1, 0.15) is 5.82 Å². The summed E-state index contributed by atoms with van der Waals surface area (Å²) in [7, 11) is 3.27. The first-order valence-electron chi connectivity index (χ1n) is 11.4. The Morgan fingerprint density at radius 2 is 2.21 bits per heavy atom. The van der Waals surface area contributed by atoms with Crippen molar-refractivity contribution in [2.45, 2.75) is 44.6 Å². The van der Waals surface area contributed by atoms with Gasteiger partial charge in [-0.3, -0.25) is 9.79 Å². The zero-order valence-corrected chi connectivity index (χ0v) is 20.8. The van der Waals surface area contributed by atoms with E-state index in [-0.39, 0.29) is 17.4 Å². The van der Waals surface area contributed by atoms with Gasteiger partial charge in [0.05, 0.1) is 23.6 Å². The Balaban J connectivity index is 1.52. The molecule has 2 aliphatic rings. The van der Waals surface area contributed by atoms with E-state index in [1.54, 1.807) is 32.6 Å². The van der Waals surface area contributed by atoms with Crippen molar-refractivity contribution in [1.29, 1.82) is 0 Å². The van der Waals surface area contributed by atoms with Crippen molar-refractivity contribution in [3.05, 3.63) is 51.9 Å². The van der Waals surface area contributed by atoms with E-state index in [1.165, 1.54) is 6.20 Å². The molecule has 180 valence electrons. The number of hydrogen-bond acceptors (Lipinski definition) is 7. The van der Waals surface area contributed by atoms with E-state index in [9.17, 15) is 4.79 Å². The van der Waals surface area contributed by atoms with Crippen LogP contribution in [0.25, 0.3) is 5.57 Å². The standard InChI is InChI=1S/C25H31ClN6O2/c1-15(19-10-22(34-4)29-13-21(19)26)24(33)32-8-7-25(14-32)6-5-17-9-20(18(11-27)12-28-3)16(2)30-23(17)31-25/h9-13,15H,5-8,14,27H2,1-4H3,(H,30,31)/t15-,25+/m1/s1. The van der Waals surface area contributed by atoms with Gasteiger partial charge in [-0.1, -0.05) is 11.6 Å². The molecule has 1 fully saturated rings. The van der Waals surface area contributed by atoms with Crippen LogP contribution in [0.4, 0.5) is 5.82 Å². The minimum Gasteiger partial charge on any atom is -0.481 e. The first kappa shape index (κ1) is 24.0. The number of carbonyl (C=O) groups is 1. The van der Waals surface area contributed by atoms with Gasteiger partial charge in [0.2, 0.25) is 11.8 Å². The van der Waals surface area contributed by atoms with Gasteiger partial charge in [0.15, 0.2) is 0 Å². The van der Waals surface area contributed by atoms with Crippen molar-refractivity contribution in [3.8, 4) is 5.88 Å². The number of pyridine rings is 2. The molecule has 2 aromatic heterocycles. The number of rotatable bonds is 5. The van der Waals surface area contributed by atoms with E-state index in [4.69, 9.17) is 27.1 Å². The number of anilines is 1. The zero-order valence-electron chi connectivity index (χ0n) is 20.1. The fraction of sp³-hybridized carbons (Fsp3) is 0.440. The number of aryl methyl sites for hydroxylation is 2. The number of methoxy groups -OCH3 is 1. The fourth-order valence-corrected chi connectivity index (χ4v) is 5.18. The second-order valence-electron chi connectivity index (χ2n) is 9.02. The third-order valence-electron chi connectivity index (χ3n) is 6.88. The van der Waals surface area contributed by atoms with Crippen LogP contribution in [-0.4, -0.2) is 59.8 Å². The summed E-state index contributed by atoms with van der Waals surface area (Å²) in [6, 6.07) is 3.89. The van der Waals surface area contributed by atoms with Crippen LogP contribution in [0.5, 0.6) is 5.88 Å². The molecule has 34 heavy (non-hydrogen) atoms. The molecular weight excluding hydrogens is 452 g/mol. The van der Waals surface area contributed by atoms with Crippen LogP contribution in [0.2, 0.25) is 5.02 Å². The lowest BCUT2D eigenvalue weighted by atomic mass is 9.86. The molecule has 0 unspecified atom stereocenters. The van der Waals surface area contributed by atoms with Gasteiger partial charge in [-0.2, -0.15) is 0 Å². The number of nitrogens with two attached hydrogens (primary N) is 1. The number of likely N-dealkylation sites (tertiary alicyclic amines) is 1. The molecule has 2 aromatic rings. The summed E-state index contributed by atoms with van der Waals surface area (Å²) in [5, 5.41) is 4.14. The number of hydrogen-bond donors (Lipinski definition) is 2. The second kappa shape index (κ2) is 9.62. The summed E-state index contributed by atoms with van der Waals surface area (Å²) < 4.78 is 5.21. The second-order valence-corrected chi connectivity index (χ2v) is 9.43. The van der Waals surface area contributed by atoms with Crippen LogP contribution in [0.3, 0.4) is 0 Å². The van der Waals surface area contributed by atoms with E-state index < -0.39 is 0 Å². The van der Waals surface area contributed by atoms with Gasteiger partial charge in [-0.15, -0.1) is 0 Å². The minimum atomic E-state index is -0.389. The molecule has 1 saturated heterocycles. The SMILES string of the molecule is CN=CC(=CN)c1cc2c(nc1C)N[C@@]1(CC2)CCN(C(=O)[C@H](C)c2cc(OC)ncc2Cl)C1. The van der Waals surface area contributed by atoms with Crippen molar-refractivity contribution in [2.75, 3.05) is 32.6 Å². The number of aromatic nitrogens is 2. The number of aliphatic imine (C=N–C) groups is 1. The highest BCUT2D eigenvalue weighted by Gasteiger charge is 2.43. The topological polar surface area (TPSA) is 106 Å². The van der Waals surface area contributed by atoms with Gasteiger partial charge < -0.3 is 20.7 Å². The lowest BCUT2D eigenvalue weighted by molar-refractivity contribution is -0.131. The van der Waals surface area contributed by atoms with Gasteiger partial charge in [-0.05, 0) is 50.3 Å². The molecule has 8 nitrogen and oxygen atoms in total. The minimum absolute atomic E-state index is 0.0516. The summed E-state index contributed by atoms with van der Waals surface area (Å²) >= 11 is 6.35. The number of ether oxygens (including phenoxy) is 1. The summed E-state index contributed by atoms with van der Waals surface area (Å²) in [5.41, 5.74) is 10.3. The number of nitrogens with zero attached hydrogens (tertiary/aromatic N) is 4. The maximum Gasteiger partial charge on any atom is 0.229 e. The predicted octanol–water partition coefficient (Wildman–Crippen LogP) is 3.58. The number of nitrogens with one attached hydrogen (secondary N) is 1. The quantitative estimate of drug-likeness (QED) is 0.631. The molecule has 0 saturated carbocycles. The molecule has 2 aliphatic heterocycles. The van der Waals surface area contributed by atoms with E-state index in [1.807, 2.05) is 18.7 Å². The van der Waals surface area contributed by atoms with E-state index in [2.05, 4.69) is 21.4 Å². The lowest BCUT2D eigenvalue weighted by Crippen LogP contribution is -2.46. The number of halogens is 1. The molecule has 3 N–H and O–H groups in total. The summed E-state index contributed by atoms with van der Waals surface area (Å²) in [6.45, 7) is 5.18. The number of carbonyl (C=O) groups excluding carboxylic acids is 1. The average Bonchev–Trinajstić information content (AvgIpc) is 3.24. The Morgan fingerprint density at radius 1 is 1.41 bits per heavy atom. The number of allylic oxidation sites excluding steroid dienone is 1. The zero-order chi connectivity index (χ0) is 24.5. The van der Waals surface area contributed by atoms with Gasteiger partial charge in [0, 0.05) is 61.6 Å². The lowest BCUT2D eigenvalue weighted by Gasteiger charge is -2.36. The maximum absolute atomic E-state index is 13.4. The molecule has 1 amide bonds. The van der Waals surface area contributed by atoms with Crippen LogP contribution in [0.15, 0.2) is 29.5 Å². The Kier molecular flexibility index (Phi) is 6.79. The first-order valence-corrected chi connectivity index (χ1v) is 11.8. The maximum atomic E-state index is 13.4. The third-order valence-corrected chi connectivity index (χ3v) is 7.19. The van der Waals surface area contributed by atoms with Crippen LogP contribution in [-0.2, 0) is 11.2 Å². The molecule has 4 heterocycles. The van der Waals surface area contributed by atoms with Gasteiger partial charge >= 0.3 is 0 Å². The van der Waals surface area contributed by atoms with Crippen molar-refractivity contribution < 1.29 is 9.53 Å². The monoisotopic (exact) mass is 482 g/mol. The van der Waals surface area contributed by atoms with E-state index in [0.29, 0.717) is 24.0 Å². The third kappa shape index (κ3) is 4.46. The van der Waals surface area contributed by atoms with Crippen LogP contribution in [0.1, 0.15) is 48.1 Å². The Hall–Kier alpha value is -3.13. The Bertz CT molecular complexity index is 1160. The smallest absolute Gasteiger partial charge is 0.229 e. The molecule has 0 aromatic carbocycles. The Labute approximate surface area is 205 Å². The predicted molar refractivity (Wildman–Crippen MR) is 136 cm³/mol. The highest BCUT2D eigenvalue weighted by molar-refractivity contribution is 6.31. The van der Waals surface area contributed by atoms with Crippen molar-refractivity contribution in [3.63, 3.8) is 0 Å². The van der Waals surface area contributed by atoms with Crippen LogP contribution < -0.4 is 15.8 Å². The molecule has 4 rings (SSSR count). The molecule has 9 heteroatoms. The largest absolute Gasteiger partial charge is 0.481 e. The molecule has 0 aliphatic carbocycles. The molecule has 0 radical (unpaired) electrons. The first-order chi connectivity index (χ1) is 16.3. The highest BCUT2D eigenvalue weighted by atomic mass is 35.5. The normalized spacial score (nSPS) is 21.0. The van der Waals surface area contributed by atoms with Crippen molar-refractivity contribution in [2.24, 2.45) is 10.7 Å². The summed E-state index contributed by atoms with van der Waals surface area (Å²) in [5.74, 6) is 0.999. The van der Waals surface area contributed by atoms with Crippen molar-refractivity contribution in [1.82, 2.24) is 14.9 Å². The molecule has 0 bridgehead atoms. The van der Waals surface area contributed by atoms with E-state index >= 15 is 0 Å². The summed E-state index contributed by atoms with van der Waals surface area (Å²) in [4.78, 5) is 28.4. The number of fused-ring (bicyclic) bond motifs is 1. The summed E-state index contributed by atoms with van der Waals surface area (Å²) in [6.07, 6.45) is 7.53. The van der Waals surface area contributed by atoms with Gasteiger partial charge in [-0.25, -0.2) is 9.97 Å². The van der Waals surface area contributed by atoms with Crippen molar-refractivity contribution >= 4 is 35.1 Å². The van der Waals surface area contributed by atoms with E-state index in [0.717, 1.165) is 53.0 Å². The number of amides is 1.